The van der Waals surface area contributed by atoms with Crippen LogP contribution in [-0.2, 0) is 6.18 Å². The molecule has 0 saturated carbocycles. The molecule has 0 aliphatic heterocycles. The van der Waals surface area contributed by atoms with Gasteiger partial charge in [0.25, 0.3) is 0 Å². The molecule has 4 rings (SSSR count). The lowest BCUT2D eigenvalue weighted by Crippen LogP contribution is -2.17. The van der Waals surface area contributed by atoms with Gasteiger partial charge in [-0.05, 0) is 56.3 Å². The van der Waals surface area contributed by atoms with E-state index in [1.54, 1.807) is 32.1 Å². The first kappa shape index (κ1) is 26.5. The van der Waals surface area contributed by atoms with Gasteiger partial charge in [-0.15, -0.1) is 18.3 Å². The van der Waals surface area contributed by atoms with E-state index >= 15 is 0 Å². The van der Waals surface area contributed by atoms with Crippen molar-refractivity contribution in [1.82, 2.24) is 20.2 Å². The number of halogens is 6. The highest BCUT2D eigenvalue weighted by atomic mass is 19.4. The van der Waals surface area contributed by atoms with Crippen molar-refractivity contribution in [3.05, 3.63) is 84.0 Å². The van der Waals surface area contributed by atoms with Crippen molar-refractivity contribution in [1.29, 1.82) is 0 Å². The number of allylic oxidation sites excluding steroid dienone is 4. The minimum atomic E-state index is -4.83. The highest BCUT2D eigenvalue weighted by Gasteiger charge is 2.31. The van der Waals surface area contributed by atoms with Crippen LogP contribution < -0.4 is 14.8 Å². The van der Waals surface area contributed by atoms with Gasteiger partial charge in [0.15, 0.2) is 5.82 Å². The second kappa shape index (κ2) is 10.4. The molecule has 0 radical (unpaired) electrons. The Morgan fingerprint density at radius 1 is 1.03 bits per heavy atom. The number of nitrogens with zero attached hydrogens (tertiary/aromatic N) is 3. The van der Waals surface area contributed by atoms with E-state index < -0.39 is 23.9 Å². The lowest BCUT2D eigenvalue weighted by atomic mass is 10.2. The zero-order valence-electron chi connectivity index (χ0n) is 19.8. The number of hydrogen-bond acceptors (Lipinski definition) is 6. The molecule has 0 amide bonds. The van der Waals surface area contributed by atoms with Crippen molar-refractivity contribution >= 4 is 28.1 Å². The average Bonchev–Trinajstić information content (AvgIpc) is 3.29. The van der Waals surface area contributed by atoms with Gasteiger partial charge in [0.05, 0.1) is 11.1 Å². The predicted molar refractivity (Wildman–Crippen MR) is 128 cm³/mol. The summed E-state index contributed by atoms with van der Waals surface area (Å²) in [5, 5.41) is 9.90. The summed E-state index contributed by atoms with van der Waals surface area (Å²) in [5.74, 6) is 0.728. The van der Waals surface area contributed by atoms with E-state index in [0.717, 1.165) is 24.3 Å². The molecule has 0 saturated heterocycles. The van der Waals surface area contributed by atoms with Crippen LogP contribution in [-0.4, -0.2) is 26.5 Å². The van der Waals surface area contributed by atoms with Crippen LogP contribution in [0.15, 0.2) is 72.6 Å². The van der Waals surface area contributed by atoms with Crippen molar-refractivity contribution < 1.29 is 35.8 Å². The molecule has 0 bridgehead atoms. The summed E-state index contributed by atoms with van der Waals surface area (Å²) in [7, 11) is 0. The second-order valence-electron chi connectivity index (χ2n) is 7.85. The molecule has 2 aromatic carbocycles. The molecule has 2 aromatic heterocycles. The number of alkyl halides is 6. The minimum absolute atomic E-state index is 0.0580. The molecule has 0 aliphatic carbocycles. The largest absolute Gasteiger partial charge is 0.573 e. The third kappa shape index (κ3) is 6.60. The Kier molecular flexibility index (Phi) is 7.28. The predicted octanol–water partition coefficient (Wildman–Crippen LogP) is 7.40. The Morgan fingerprint density at radius 3 is 2.53 bits per heavy atom. The molecule has 2 N–H and O–H groups in total. The van der Waals surface area contributed by atoms with Gasteiger partial charge in [-0.3, -0.25) is 10.1 Å². The Morgan fingerprint density at radius 2 is 1.82 bits per heavy atom. The summed E-state index contributed by atoms with van der Waals surface area (Å²) in [5.41, 5.74) is 0.154. The first-order valence-corrected chi connectivity index (χ1v) is 11.0. The summed E-state index contributed by atoms with van der Waals surface area (Å²) < 4.78 is 86.3. The van der Waals surface area contributed by atoms with Crippen molar-refractivity contribution in [3.63, 3.8) is 0 Å². The third-order valence-corrected chi connectivity index (χ3v) is 5.05. The van der Waals surface area contributed by atoms with E-state index in [2.05, 4.69) is 30.2 Å². The standard InChI is InChI=1S/C25H19F6N5O2/c1-3-15(22-34-23(36-35-22)33-17-6-4-5-16(12-17)24(26,27)28)11-14(2)37-21-9-10-32-20-13-18(7-8-19(20)21)38-25(29,30)31/h3-13H,1-2H3,(H2,33,34,35,36). The molecule has 0 aliphatic rings. The summed E-state index contributed by atoms with van der Waals surface area (Å²) >= 11 is 0. The van der Waals surface area contributed by atoms with Crippen LogP contribution in [0.2, 0.25) is 0 Å². The lowest BCUT2D eigenvalue weighted by molar-refractivity contribution is -0.274. The monoisotopic (exact) mass is 535 g/mol. The number of aromatic nitrogens is 4. The fourth-order valence-electron chi connectivity index (χ4n) is 3.45. The average molecular weight is 535 g/mol. The van der Waals surface area contributed by atoms with Gasteiger partial charge in [-0.25, -0.2) is 0 Å². The van der Waals surface area contributed by atoms with Crippen molar-refractivity contribution in [2.45, 2.75) is 26.4 Å². The van der Waals surface area contributed by atoms with Crippen LogP contribution in [0.3, 0.4) is 0 Å². The van der Waals surface area contributed by atoms with E-state index in [1.807, 2.05) is 0 Å². The number of aromatic amines is 1. The van der Waals surface area contributed by atoms with Crippen molar-refractivity contribution in [3.8, 4) is 11.5 Å². The van der Waals surface area contributed by atoms with E-state index in [1.165, 1.54) is 24.4 Å². The van der Waals surface area contributed by atoms with E-state index in [4.69, 9.17) is 4.74 Å². The number of H-pyrrole nitrogens is 1. The maximum atomic E-state index is 13.0. The Labute approximate surface area is 211 Å². The van der Waals surface area contributed by atoms with Gasteiger partial charge in [0, 0.05) is 28.9 Å². The zero-order valence-corrected chi connectivity index (χ0v) is 19.8. The fourth-order valence-corrected chi connectivity index (χ4v) is 3.45. The molecule has 38 heavy (non-hydrogen) atoms. The minimum Gasteiger partial charge on any atom is -0.461 e. The van der Waals surface area contributed by atoms with Gasteiger partial charge in [0.1, 0.15) is 17.3 Å². The number of rotatable bonds is 7. The molecule has 0 spiro atoms. The number of nitrogens with one attached hydrogen (secondary N) is 2. The van der Waals surface area contributed by atoms with Crippen LogP contribution in [0.1, 0.15) is 25.2 Å². The summed E-state index contributed by atoms with van der Waals surface area (Å²) in [6.45, 7) is 3.40. The van der Waals surface area contributed by atoms with E-state index in [0.29, 0.717) is 28.3 Å². The number of fused-ring (bicyclic) bond motifs is 1. The smallest absolute Gasteiger partial charge is 0.461 e. The number of anilines is 2. The van der Waals surface area contributed by atoms with Crippen LogP contribution in [0.4, 0.5) is 38.0 Å². The normalized spacial score (nSPS) is 13.1. The Balaban J connectivity index is 1.50. The van der Waals surface area contributed by atoms with Crippen LogP contribution >= 0.6 is 0 Å². The highest BCUT2D eigenvalue weighted by Crippen LogP contribution is 2.32. The summed E-state index contributed by atoms with van der Waals surface area (Å²) in [6.07, 6.45) is -4.56. The SMILES string of the molecule is CC=C(C=C(C)Oc1ccnc2cc(OC(F)(F)F)ccc12)c1nc(Nc2cccc(C(F)(F)F)c2)n[nH]1. The van der Waals surface area contributed by atoms with Crippen LogP contribution in [0.5, 0.6) is 11.5 Å². The summed E-state index contributed by atoms with van der Waals surface area (Å²) in [4.78, 5) is 8.34. The molecule has 2 heterocycles. The zero-order chi connectivity index (χ0) is 27.5. The first-order valence-electron chi connectivity index (χ1n) is 11.0. The number of pyridine rings is 1. The van der Waals surface area contributed by atoms with Crippen LogP contribution in [0.25, 0.3) is 16.5 Å². The van der Waals surface area contributed by atoms with Gasteiger partial charge in [-0.2, -0.15) is 18.2 Å². The molecular formula is C25H19F6N5O2. The van der Waals surface area contributed by atoms with E-state index in [-0.39, 0.29) is 17.2 Å². The second-order valence-corrected chi connectivity index (χ2v) is 7.85. The van der Waals surface area contributed by atoms with E-state index in [9.17, 15) is 26.3 Å². The molecule has 198 valence electrons. The van der Waals surface area contributed by atoms with Gasteiger partial charge in [0.2, 0.25) is 5.95 Å². The Bertz CT molecular complexity index is 1510. The first-order chi connectivity index (χ1) is 17.9. The number of hydrogen-bond donors (Lipinski definition) is 2. The van der Waals surface area contributed by atoms with Crippen molar-refractivity contribution in [2.24, 2.45) is 0 Å². The molecular weight excluding hydrogens is 516 g/mol. The lowest BCUT2D eigenvalue weighted by Gasteiger charge is -2.12. The quantitative estimate of drug-likeness (QED) is 0.146. The van der Waals surface area contributed by atoms with Crippen molar-refractivity contribution in [2.75, 3.05) is 5.32 Å². The van der Waals surface area contributed by atoms with Gasteiger partial charge >= 0.3 is 12.5 Å². The number of benzene rings is 2. The fraction of sp³-hybridized carbons (Fsp3) is 0.160. The summed E-state index contributed by atoms with van der Waals surface area (Å²) in [6, 6.07) is 9.91. The van der Waals surface area contributed by atoms with Gasteiger partial charge < -0.3 is 14.8 Å². The maximum Gasteiger partial charge on any atom is 0.573 e. The van der Waals surface area contributed by atoms with Gasteiger partial charge in [-0.1, -0.05) is 12.1 Å². The molecule has 0 atom stereocenters. The maximum absolute atomic E-state index is 13.0. The molecule has 7 nitrogen and oxygen atoms in total. The highest BCUT2D eigenvalue weighted by molar-refractivity contribution is 5.86. The number of ether oxygens (including phenoxy) is 2. The topological polar surface area (TPSA) is 84.9 Å². The molecule has 0 unspecified atom stereocenters. The third-order valence-electron chi connectivity index (χ3n) is 5.05. The molecule has 0 fully saturated rings. The molecule has 13 heteroatoms. The van der Waals surface area contributed by atoms with Crippen LogP contribution in [0, 0.1) is 0 Å². The Hall–Kier alpha value is -4.55. The molecule has 4 aromatic rings.